The highest BCUT2D eigenvalue weighted by Gasteiger charge is 2.29. The van der Waals surface area contributed by atoms with E-state index in [1.807, 2.05) is 0 Å². The number of aromatic hydroxyl groups is 1. The van der Waals surface area contributed by atoms with Crippen LogP contribution in [0.1, 0.15) is 165 Å². The number of hydrogen-bond acceptors (Lipinski definition) is 1. The molecule has 36 heavy (non-hydrogen) atoms. The summed E-state index contributed by atoms with van der Waals surface area (Å²) in [6, 6.07) is 15.6. The number of phenolic OH excluding ortho intramolecular Hbond substituents is 1. The third-order valence-corrected chi connectivity index (χ3v) is 8.95. The van der Waals surface area contributed by atoms with Gasteiger partial charge in [0.15, 0.2) is 0 Å². The van der Waals surface area contributed by atoms with Gasteiger partial charge in [-0.3, -0.25) is 0 Å². The molecule has 1 fully saturated rings. The van der Waals surface area contributed by atoms with Crippen molar-refractivity contribution in [3.05, 3.63) is 64.7 Å². The normalized spacial score (nSPS) is 15.8. The van der Waals surface area contributed by atoms with Crippen molar-refractivity contribution in [1.82, 2.24) is 0 Å². The third-order valence-electron chi connectivity index (χ3n) is 8.95. The summed E-state index contributed by atoms with van der Waals surface area (Å²) < 4.78 is 0. The van der Waals surface area contributed by atoms with E-state index < -0.39 is 0 Å². The second kappa shape index (κ2) is 14.8. The van der Waals surface area contributed by atoms with Crippen LogP contribution in [-0.2, 0) is 5.41 Å². The molecule has 200 valence electrons. The Hall–Kier alpha value is -1.76. The second-order valence-electron chi connectivity index (χ2n) is 12.2. The standard InChI is InChI=1S/C35H54O/c1-5-6-7-8-9-10-11-12-13-16-21-28(2)32-26-31(35(3,4)30-24-19-15-20-25-30)27-33(34(32)36)29-22-17-14-18-23-29/h15,19-20,24-29,36H,5-14,16-18,21-23H2,1-4H3. The van der Waals surface area contributed by atoms with E-state index in [-0.39, 0.29) is 5.41 Å². The maximum Gasteiger partial charge on any atom is 0.122 e. The molecule has 0 radical (unpaired) electrons. The van der Waals surface area contributed by atoms with Gasteiger partial charge in [0.25, 0.3) is 0 Å². The highest BCUT2D eigenvalue weighted by atomic mass is 16.3. The van der Waals surface area contributed by atoms with Crippen LogP contribution in [0.4, 0.5) is 0 Å². The lowest BCUT2D eigenvalue weighted by Crippen LogP contribution is -2.20. The Morgan fingerprint density at radius 3 is 1.97 bits per heavy atom. The zero-order chi connectivity index (χ0) is 25.8. The van der Waals surface area contributed by atoms with E-state index in [9.17, 15) is 5.11 Å². The Kier molecular flexibility index (Phi) is 11.9. The van der Waals surface area contributed by atoms with Crippen LogP contribution in [0.15, 0.2) is 42.5 Å². The first-order valence-electron chi connectivity index (χ1n) is 15.4. The van der Waals surface area contributed by atoms with Gasteiger partial charge in [-0.2, -0.15) is 0 Å². The molecule has 0 amide bonds. The predicted molar refractivity (Wildman–Crippen MR) is 157 cm³/mol. The van der Waals surface area contributed by atoms with Crippen LogP contribution >= 0.6 is 0 Å². The first-order chi connectivity index (χ1) is 17.4. The average molecular weight is 491 g/mol. The lowest BCUT2D eigenvalue weighted by molar-refractivity contribution is 0.406. The average Bonchev–Trinajstić information content (AvgIpc) is 2.90. The monoisotopic (exact) mass is 490 g/mol. The molecule has 0 aromatic heterocycles. The van der Waals surface area contributed by atoms with Gasteiger partial charge in [0, 0.05) is 5.41 Å². The summed E-state index contributed by atoms with van der Waals surface area (Å²) >= 11 is 0. The summed E-state index contributed by atoms with van der Waals surface area (Å²) in [6.07, 6.45) is 21.3. The molecule has 1 atom stereocenters. The molecule has 1 N–H and O–H groups in total. The highest BCUT2D eigenvalue weighted by Crippen LogP contribution is 2.45. The number of hydrogen-bond donors (Lipinski definition) is 1. The van der Waals surface area contributed by atoms with E-state index in [4.69, 9.17) is 0 Å². The molecular formula is C35H54O. The molecule has 2 aromatic carbocycles. The minimum absolute atomic E-state index is 0.0794. The Labute approximate surface area is 223 Å². The van der Waals surface area contributed by atoms with Crippen LogP contribution in [0.3, 0.4) is 0 Å². The minimum Gasteiger partial charge on any atom is -0.507 e. The van der Waals surface area contributed by atoms with Crippen molar-refractivity contribution in [1.29, 1.82) is 0 Å². The van der Waals surface area contributed by atoms with Gasteiger partial charge in [-0.05, 0) is 53.4 Å². The molecule has 0 saturated heterocycles. The molecular weight excluding hydrogens is 436 g/mol. The highest BCUT2D eigenvalue weighted by molar-refractivity contribution is 5.51. The van der Waals surface area contributed by atoms with Crippen LogP contribution in [0, 0.1) is 0 Å². The summed E-state index contributed by atoms with van der Waals surface area (Å²) in [7, 11) is 0. The first-order valence-corrected chi connectivity index (χ1v) is 15.4. The molecule has 1 saturated carbocycles. The number of benzene rings is 2. The molecule has 1 aliphatic rings. The maximum absolute atomic E-state index is 11.5. The summed E-state index contributed by atoms with van der Waals surface area (Å²) in [5, 5.41) is 11.5. The van der Waals surface area contributed by atoms with Gasteiger partial charge >= 0.3 is 0 Å². The number of unbranched alkanes of at least 4 members (excludes halogenated alkanes) is 9. The molecule has 0 spiro atoms. The first kappa shape index (κ1) is 28.8. The molecule has 0 bridgehead atoms. The second-order valence-corrected chi connectivity index (χ2v) is 12.2. The van der Waals surface area contributed by atoms with Gasteiger partial charge < -0.3 is 5.11 Å². The van der Waals surface area contributed by atoms with E-state index >= 15 is 0 Å². The fourth-order valence-corrected chi connectivity index (χ4v) is 6.26. The zero-order valence-corrected chi connectivity index (χ0v) is 24.0. The van der Waals surface area contributed by atoms with E-state index in [0.29, 0.717) is 17.6 Å². The molecule has 1 unspecified atom stereocenters. The molecule has 2 aromatic rings. The quantitative estimate of drug-likeness (QED) is 0.246. The molecule has 3 rings (SSSR count). The molecule has 0 heterocycles. The van der Waals surface area contributed by atoms with Crippen molar-refractivity contribution in [3.8, 4) is 5.75 Å². The Morgan fingerprint density at radius 1 is 0.778 bits per heavy atom. The van der Waals surface area contributed by atoms with Crippen molar-refractivity contribution in [3.63, 3.8) is 0 Å². The third kappa shape index (κ3) is 8.12. The van der Waals surface area contributed by atoms with E-state index in [0.717, 1.165) is 0 Å². The predicted octanol–water partition coefficient (Wildman–Crippen LogP) is 11.2. The van der Waals surface area contributed by atoms with Crippen molar-refractivity contribution < 1.29 is 5.11 Å². The Bertz CT molecular complexity index is 875. The van der Waals surface area contributed by atoms with Gasteiger partial charge in [0.05, 0.1) is 0 Å². The lowest BCUT2D eigenvalue weighted by Gasteiger charge is -2.31. The molecule has 0 aliphatic heterocycles. The van der Waals surface area contributed by atoms with E-state index in [2.05, 4.69) is 70.2 Å². The summed E-state index contributed by atoms with van der Waals surface area (Å²) in [6.45, 7) is 9.32. The van der Waals surface area contributed by atoms with Gasteiger partial charge in [-0.1, -0.05) is 154 Å². The maximum atomic E-state index is 11.5. The summed E-state index contributed by atoms with van der Waals surface area (Å²) in [4.78, 5) is 0. The smallest absolute Gasteiger partial charge is 0.122 e. The number of rotatable bonds is 15. The zero-order valence-electron chi connectivity index (χ0n) is 24.0. The van der Waals surface area contributed by atoms with E-state index in [1.54, 1.807) is 0 Å². The molecule has 1 nitrogen and oxygen atoms in total. The van der Waals surface area contributed by atoms with Crippen molar-refractivity contribution >= 4 is 0 Å². The van der Waals surface area contributed by atoms with Crippen molar-refractivity contribution in [2.75, 3.05) is 0 Å². The fraction of sp³-hybridized carbons (Fsp3) is 0.657. The topological polar surface area (TPSA) is 20.2 Å². The molecule has 1 heteroatoms. The summed E-state index contributed by atoms with van der Waals surface area (Å²) in [5.41, 5.74) is 5.04. The lowest BCUT2D eigenvalue weighted by atomic mass is 9.73. The fourth-order valence-electron chi connectivity index (χ4n) is 6.26. The van der Waals surface area contributed by atoms with Crippen molar-refractivity contribution in [2.45, 2.75) is 148 Å². The van der Waals surface area contributed by atoms with Crippen LogP contribution in [0.25, 0.3) is 0 Å². The van der Waals surface area contributed by atoms with Crippen LogP contribution in [-0.4, -0.2) is 5.11 Å². The largest absolute Gasteiger partial charge is 0.507 e. The van der Waals surface area contributed by atoms with Crippen LogP contribution in [0.5, 0.6) is 5.75 Å². The van der Waals surface area contributed by atoms with E-state index in [1.165, 1.54) is 125 Å². The number of phenols is 1. The van der Waals surface area contributed by atoms with Crippen LogP contribution in [0.2, 0.25) is 0 Å². The van der Waals surface area contributed by atoms with Gasteiger partial charge in [0.1, 0.15) is 5.75 Å². The van der Waals surface area contributed by atoms with Gasteiger partial charge in [0.2, 0.25) is 0 Å². The minimum atomic E-state index is -0.0794. The summed E-state index contributed by atoms with van der Waals surface area (Å²) in [5.74, 6) is 1.51. The SMILES string of the molecule is CCCCCCCCCCCCC(C)c1cc(C(C)(C)c2ccccc2)cc(C2CCCCC2)c1O. The Morgan fingerprint density at radius 2 is 1.36 bits per heavy atom. The Balaban J connectivity index is 1.67. The molecule has 1 aliphatic carbocycles. The van der Waals surface area contributed by atoms with Crippen LogP contribution < -0.4 is 0 Å². The van der Waals surface area contributed by atoms with Gasteiger partial charge in [-0.25, -0.2) is 0 Å². The van der Waals surface area contributed by atoms with Crippen molar-refractivity contribution in [2.24, 2.45) is 0 Å². The van der Waals surface area contributed by atoms with Gasteiger partial charge in [-0.15, -0.1) is 0 Å².